The first-order valence-corrected chi connectivity index (χ1v) is 11.1. The van der Waals surface area contributed by atoms with Gasteiger partial charge in [0.2, 0.25) is 4.96 Å². The molecule has 0 saturated heterocycles. The molecule has 0 spiro atoms. The lowest BCUT2D eigenvalue weighted by atomic mass is 10.1. The van der Waals surface area contributed by atoms with Crippen LogP contribution in [-0.4, -0.2) is 33.0 Å². The number of nitrogens with one attached hydrogen (secondary N) is 2. The largest absolute Gasteiger partial charge is 0.347 e. The van der Waals surface area contributed by atoms with Crippen molar-refractivity contribution in [1.29, 1.82) is 0 Å². The minimum atomic E-state index is -0.689. The van der Waals surface area contributed by atoms with Crippen LogP contribution in [0, 0.1) is 0 Å². The zero-order valence-electron chi connectivity index (χ0n) is 16.8. The molecule has 2 amide bonds. The van der Waals surface area contributed by atoms with Crippen molar-refractivity contribution < 1.29 is 9.59 Å². The number of halogens is 1. The van der Waals surface area contributed by atoms with Crippen LogP contribution in [0.25, 0.3) is 16.3 Å². The number of rotatable bonds is 6. The normalized spacial score (nSPS) is 10.9. The number of thiazole rings is 1. The highest BCUT2D eigenvalue weighted by Crippen LogP contribution is 2.22. The summed E-state index contributed by atoms with van der Waals surface area (Å²) in [5.41, 5.74) is 3.54. The van der Waals surface area contributed by atoms with Gasteiger partial charge in [0.25, 0.3) is 0 Å². The van der Waals surface area contributed by atoms with Crippen molar-refractivity contribution in [2.45, 2.75) is 19.8 Å². The van der Waals surface area contributed by atoms with Gasteiger partial charge in [-0.2, -0.15) is 4.98 Å². The van der Waals surface area contributed by atoms with Crippen molar-refractivity contribution >= 4 is 45.4 Å². The van der Waals surface area contributed by atoms with Gasteiger partial charge in [-0.05, 0) is 48.4 Å². The molecule has 0 bridgehead atoms. The van der Waals surface area contributed by atoms with E-state index in [1.165, 1.54) is 11.3 Å². The summed E-state index contributed by atoms with van der Waals surface area (Å²) in [5.74, 6) is -0.751. The molecule has 0 aliphatic rings. The van der Waals surface area contributed by atoms with Gasteiger partial charge in [0.15, 0.2) is 5.82 Å². The molecule has 4 aromatic rings. The van der Waals surface area contributed by atoms with Gasteiger partial charge >= 0.3 is 11.8 Å². The molecule has 0 atom stereocenters. The molecule has 2 N–H and O–H groups in total. The summed E-state index contributed by atoms with van der Waals surface area (Å²) in [6.45, 7) is 2.36. The average Bonchev–Trinajstić information content (AvgIpc) is 3.36. The summed E-state index contributed by atoms with van der Waals surface area (Å²) in [7, 11) is 0. The van der Waals surface area contributed by atoms with Crippen LogP contribution in [0.15, 0.2) is 53.9 Å². The Hall–Kier alpha value is -3.23. The van der Waals surface area contributed by atoms with Gasteiger partial charge in [-0.25, -0.2) is 4.52 Å². The van der Waals surface area contributed by atoms with E-state index in [0.717, 1.165) is 28.2 Å². The highest BCUT2D eigenvalue weighted by atomic mass is 35.5. The molecule has 2 heterocycles. The van der Waals surface area contributed by atoms with Crippen LogP contribution in [-0.2, 0) is 22.4 Å². The topological polar surface area (TPSA) is 88.4 Å². The van der Waals surface area contributed by atoms with Gasteiger partial charge in [-0.15, -0.1) is 16.4 Å². The third kappa shape index (κ3) is 4.92. The molecule has 9 heteroatoms. The first-order chi connectivity index (χ1) is 15.0. The highest BCUT2D eigenvalue weighted by Gasteiger charge is 2.15. The van der Waals surface area contributed by atoms with E-state index < -0.39 is 11.8 Å². The number of hydrogen-bond donors (Lipinski definition) is 2. The van der Waals surface area contributed by atoms with Crippen molar-refractivity contribution in [3.63, 3.8) is 0 Å². The molecule has 2 aromatic heterocycles. The highest BCUT2D eigenvalue weighted by molar-refractivity contribution is 7.15. The molecule has 2 aromatic carbocycles. The molecule has 31 heavy (non-hydrogen) atoms. The number of carbonyl (C=O) groups is 2. The predicted molar refractivity (Wildman–Crippen MR) is 122 cm³/mol. The van der Waals surface area contributed by atoms with Crippen molar-refractivity contribution in [3.05, 3.63) is 70.2 Å². The Labute approximate surface area is 188 Å². The second kappa shape index (κ2) is 9.28. The number of fused-ring (bicyclic) bond motifs is 1. The second-order valence-corrected chi connectivity index (χ2v) is 8.15. The Morgan fingerprint density at radius 3 is 2.52 bits per heavy atom. The summed E-state index contributed by atoms with van der Waals surface area (Å²) >= 11 is 7.41. The van der Waals surface area contributed by atoms with Gasteiger partial charge < -0.3 is 10.6 Å². The van der Waals surface area contributed by atoms with E-state index in [0.29, 0.717) is 29.5 Å². The van der Waals surface area contributed by atoms with Crippen molar-refractivity contribution in [3.8, 4) is 11.4 Å². The number of carbonyl (C=O) groups excluding carboxylic acids is 2. The van der Waals surface area contributed by atoms with Gasteiger partial charge in [-0.3, -0.25) is 9.59 Å². The fraction of sp³-hybridized carbons (Fsp3) is 0.182. The molecule has 0 aliphatic heterocycles. The number of aromatic nitrogens is 3. The molecular formula is C22H20ClN5O2S. The molecule has 7 nitrogen and oxygen atoms in total. The minimum absolute atomic E-state index is 0.309. The van der Waals surface area contributed by atoms with Crippen LogP contribution in [0.1, 0.15) is 18.2 Å². The Kier molecular flexibility index (Phi) is 6.29. The third-order valence-corrected chi connectivity index (χ3v) is 5.86. The van der Waals surface area contributed by atoms with Crippen LogP contribution >= 0.6 is 22.9 Å². The van der Waals surface area contributed by atoms with Gasteiger partial charge in [0, 0.05) is 34.6 Å². The van der Waals surface area contributed by atoms with E-state index in [1.54, 1.807) is 28.8 Å². The van der Waals surface area contributed by atoms with Crippen LogP contribution in [0.3, 0.4) is 0 Å². The lowest BCUT2D eigenvalue weighted by Gasteiger charge is -2.07. The zero-order chi connectivity index (χ0) is 21.8. The number of anilines is 1. The van der Waals surface area contributed by atoms with Crippen LogP contribution in [0.4, 0.5) is 5.69 Å². The minimum Gasteiger partial charge on any atom is -0.347 e. The van der Waals surface area contributed by atoms with E-state index in [1.807, 2.05) is 29.6 Å². The quantitative estimate of drug-likeness (QED) is 0.432. The molecule has 4 rings (SSSR count). The first kappa shape index (κ1) is 21.0. The SMILES string of the molecule is CCc1ccc(NC(=O)C(=O)NCCc2csc3nc(-c4ccc(Cl)cc4)nn23)cc1. The van der Waals surface area contributed by atoms with E-state index in [-0.39, 0.29) is 0 Å². The number of amides is 2. The van der Waals surface area contributed by atoms with Crippen LogP contribution < -0.4 is 10.6 Å². The summed E-state index contributed by atoms with van der Waals surface area (Å²) < 4.78 is 1.76. The smallest absolute Gasteiger partial charge is 0.313 e. The summed E-state index contributed by atoms with van der Waals surface area (Å²) in [6, 6.07) is 14.8. The Bertz CT molecular complexity index is 1220. The monoisotopic (exact) mass is 453 g/mol. The van der Waals surface area contributed by atoms with Gasteiger partial charge in [-0.1, -0.05) is 30.7 Å². The molecule has 0 saturated carbocycles. The van der Waals surface area contributed by atoms with Crippen molar-refractivity contribution in [1.82, 2.24) is 19.9 Å². The summed E-state index contributed by atoms with van der Waals surface area (Å²) in [4.78, 5) is 29.5. The maximum atomic E-state index is 12.1. The Morgan fingerprint density at radius 2 is 1.81 bits per heavy atom. The van der Waals surface area contributed by atoms with Crippen LogP contribution in [0.2, 0.25) is 5.02 Å². The number of aryl methyl sites for hydroxylation is 1. The van der Waals surface area contributed by atoms with Crippen LogP contribution in [0.5, 0.6) is 0 Å². The lowest BCUT2D eigenvalue weighted by molar-refractivity contribution is -0.136. The molecule has 0 unspecified atom stereocenters. The lowest BCUT2D eigenvalue weighted by Crippen LogP contribution is -2.36. The molecule has 0 radical (unpaired) electrons. The molecular weight excluding hydrogens is 434 g/mol. The van der Waals surface area contributed by atoms with E-state index in [9.17, 15) is 9.59 Å². The Balaban J connectivity index is 1.33. The van der Waals surface area contributed by atoms with Crippen molar-refractivity contribution in [2.24, 2.45) is 0 Å². The summed E-state index contributed by atoms with van der Waals surface area (Å²) in [6.07, 6.45) is 1.44. The molecule has 0 fully saturated rings. The maximum Gasteiger partial charge on any atom is 0.313 e. The van der Waals surface area contributed by atoms with Gasteiger partial charge in [0.1, 0.15) is 0 Å². The summed E-state index contributed by atoms with van der Waals surface area (Å²) in [5, 5.41) is 12.4. The predicted octanol–water partition coefficient (Wildman–Crippen LogP) is 3.97. The zero-order valence-corrected chi connectivity index (χ0v) is 18.3. The fourth-order valence-corrected chi connectivity index (χ4v) is 4.00. The maximum absolute atomic E-state index is 12.1. The third-order valence-electron chi connectivity index (χ3n) is 4.75. The van der Waals surface area contributed by atoms with E-state index >= 15 is 0 Å². The molecule has 158 valence electrons. The Morgan fingerprint density at radius 1 is 1.06 bits per heavy atom. The first-order valence-electron chi connectivity index (χ1n) is 9.80. The van der Waals surface area contributed by atoms with E-state index in [4.69, 9.17) is 11.6 Å². The molecule has 0 aliphatic carbocycles. The van der Waals surface area contributed by atoms with Gasteiger partial charge in [0.05, 0.1) is 5.69 Å². The fourth-order valence-electron chi connectivity index (χ4n) is 3.01. The number of nitrogens with zero attached hydrogens (tertiary/aromatic N) is 3. The number of hydrogen-bond acceptors (Lipinski definition) is 5. The standard InChI is InChI=1S/C22H20ClN5O2S/c1-2-14-3-9-17(10-4-14)25-21(30)20(29)24-12-11-18-13-31-22-26-19(27-28(18)22)15-5-7-16(23)8-6-15/h3-10,13H,2,11-12H2,1H3,(H,24,29)(H,25,30). The number of benzene rings is 2. The van der Waals surface area contributed by atoms with Crippen molar-refractivity contribution in [2.75, 3.05) is 11.9 Å². The average molecular weight is 454 g/mol. The second-order valence-electron chi connectivity index (χ2n) is 6.87. The van der Waals surface area contributed by atoms with E-state index in [2.05, 4.69) is 27.6 Å².